The van der Waals surface area contributed by atoms with E-state index >= 15 is 0 Å². The van der Waals surface area contributed by atoms with E-state index < -0.39 is 0 Å². The third-order valence-corrected chi connectivity index (χ3v) is 3.07. The van der Waals surface area contributed by atoms with Crippen molar-refractivity contribution in [3.63, 3.8) is 0 Å². The van der Waals surface area contributed by atoms with Crippen LogP contribution >= 0.6 is 0 Å². The molecule has 0 unspecified atom stereocenters. The first-order valence-corrected chi connectivity index (χ1v) is 6.89. The van der Waals surface area contributed by atoms with Crippen molar-refractivity contribution < 1.29 is 9.53 Å². The lowest BCUT2D eigenvalue weighted by Gasteiger charge is -2.29. The van der Waals surface area contributed by atoms with E-state index in [4.69, 9.17) is 10.5 Å². The Labute approximate surface area is 111 Å². The smallest absolute Gasteiger partial charge is 0.234 e. The molecule has 0 aliphatic carbocycles. The molecule has 0 aliphatic heterocycles. The largest absolute Gasteiger partial charge is 0.385 e. The van der Waals surface area contributed by atoms with Crippen molar-refractivity contribution in [2.45, 2.75) is 39.2 Å². The maximum Gasteiger partial charge on any atom is 0.234 e. The first kappa shape index (κ1) is 17.4. The van der Waals surface area contributed by atoms with Crippen LogP contribution in [-0.2, 0) is 9.53 Å². The van der Waals surface area contributed by atoms with E-state index in [1.807, 2.05) is 0 Å². The molecule has 3 N–H and O–H groups in total. The van der Waals surface area contributed by atoms with Gasteiger partial charge in [-0.05, 0) is 19.3 Å². The molecule has 0 aliphatic rings. The lowest BCUT2D eigenvalue weighted by molar-refractivity contribution is -0.122. The Hall–Kier alpha value is -0.650. The Morgan fingerprint density at radius 1 is 1.39 bits per heavy atom. The third-order valence-electron chi connectivity index (χ3n) is 3.07. The van der Waals surface area contributed by atoms with Gasteiger partial charge in [-0.2, -0.15) is 0 Å². The highest BCUT2D eigenvalue weighted by molar-refractivity contribution is 5.78. The number of hydrogen-bond donors (Lipinski definition) is 2. The highest BCUT2D eigenvalue weighted by Crippen LogP contribution is 2.07. The Kier molecular flexibility index (Phi) is 11.0. The zero-order chi connectivity index (χ0) is 13.8. The number of nitrogens with zero attached hydrogens (tertiary/aromatic N) is 1. The number of hydrogen-bond acceptors (Lipinski definition) is 4. The van der Waals surface area contributed by atoms with Crippen LogP contribution in [0.2, 0.25) is 0 Å². The number of ether oxygens (including phenoxy) is 1. The van der Waals surface area contributed by atoms with Gasteiger partial charge in [-0.25, -0.2) is 0 Å². The second-order valence-corrected chi connectivity index (χ2v) is 4.43. The summed E-state index contributed by atoms with van der Waals surface area (Å²) in [4.78, 5) is 14.0. The molecular weight excluding hydrogens is 230 g/mol. The Balaban J connectivity index is 4.02. The normalized spacial score (nSPS) is 11.2. The highest BCUT2D eigenvalue weighted by Gasteiger charge is 2.17. The van der Waals surface area contributed by atoms with Crippen LogP contribution in [-0.4, -0.2) is 56.7 Å². The van der Waals surface area contributed by atoms with E-state index in [2.05, 4.69) is 24.1 Å². The van der Waals surface area contributed by atoms with Crippen molar-refractivity contribution >= 4 is 5.91 Å². The van der Waals surface area contributed by atoms with Gasteiger partial charge in [0, 0.05) is 39.4 Å². The molecule has 5 nitrogen and oxygen atoms in total. The van der Waals surface area contributed by atoms with Crippen molar-refractivity contribution in [1.82, 2.24) is 10.2 Å². The van der Waals surface area contributed by atoms with Crippen molar-refractivity contribution in [1.29, 1.82) is 0 Å². The number of nitrogens with two attached hydrogens (primary N) is 1. The van der Waals surface area contributed by atoms with Gasteiger partial charge in [-0.1, -0.05) is 13.8 Å². The van der Waals surface area contributed by atoms with Gasteiger partial charge in [0.1, 0.15) is 0 Å². The molecule has 0 rings (SSSR count). The van der Waals surface area contributed by atoms with Crippen molar-refractivity contribution in [2.75, 3.05) is 39.9 Å². The summed E-state index contributed by atoms with van der Waals surface area (Å²) in [5.74, 6) is 0.0754. The molecule has 0 aromatic rings. The van der Waals surface area contributed by atoms with E-state index in [1.165, 1.54) is 0 Å². The fourth-order valence-electron chi connectivity index (χ4n) is 2.05. The number of rotatable bonds is 11. The summed E-state index contributed by atoms with van der Waals surface area (Å²) in [7, 11) is 1.66. The predicted molar refractivity (Wildman–Crippen MR) is 74.5 cm³/mol. The van der Waals surface area contributed by atoms with E-state index in [9.17, 15) is 4.79 Å². The van der Waals surface area contributed by atoms with Gasteiger partial charge >= 0.3 is 0 Å². The van der Waals surface area contributed by atoms with E-state index in [-0.39, 0.29) is 5.91 Å². The van der Waals surface area contributed by atoms with Crippen LogP contribution in [0.25, 0.3) is 0 Å². The van der Waals surface area contributed by atoms with Gasteiger partial charge in [-0.15, -0.1) is 0 Å². The summed E-state index contributed by atoms with van der Waals surface area (Å²) in [5.41, 5.74) is 5.60. The van der Waals surface area contributed by atoms with Crippen LogP contribution in [0, 0.1) is 0 Å². The molecule has 0 fully saturated rings. The second-order valence-electron chi connectivity index (χ2n) is 4.43. The molecule has 0 bridgehead atoms. The molecule has 0 aromatic carbocycles. The van der Waals surface area contributed by atoms with Crippen LogP contribution in [0.5, 0.6) is 0 Å². The molecule has 5 heteroatoms. The molecule has 18 heavy (non-hydrogen) atoms. The molecule has 0 spiro atoms. The minimum Gasteiger partial charge on any atom is -0.385 e. The Bertz CT molecular complexity index is 208. The number of methoxy groups -OCH3 is 1. The Morgan fingerprint density at radius 2 is 2.06 bits per heavy atom. The number of nitrogens with one attached hydrogen (secondary N) is 1. The zero-order valence-corrected chi connectivity index (χ0v) is 12.1. The SMILES string of the molecule is CCC(CC)N(CCN)CC(=O)NCCCOC. The summed E-state index contributed by atoms with van der Waals surface area (Å²) in [6.07, 6.45) is 2.95. The average molecular weight is 259 g/mol. The van der Waals surface area contributed by atoms with E-state index in [0.29, 0.717) is 32.3 Å². The summed E-state index contributed by atoms with van der Waals surface area (Å²) >= 11 is 0. The first-order valence-electron chi connectivity index (χ1n) is 6.89. The quantitative estimate of drug-likeness (QED) is 0.533. The monoisotopic (exact) mass is 259 g/mol. The number of carbonyl (C=O) groups excluding carboxylic acids is 1. The van der Waals surface area contributed by atoms with Crippen LogP contribution < -0.4 is 11.1 Å². The second kappa shape index (κ2) is 11.4. The maximum absolute atomic E-state index is 11.8. The van der Waals surface area contributed by atoms with Gasteiger partial charge in [-0.3, -0.25) is 9.69 Å². The maximum atomic E-state index is 11.8. The lowest BCUT2D eigenvalue weighted by atomic mass is 10.1. The molecule has 1 amide bonds. The van der Waals surface area contributed by atoms with Crippen LogP contribution in [0.1, 0.15) is 33.1 Å². The molecule has 0 atom stereocenters. The summed E-state index contributed by atoms with van der Waals surface area (Å²) in [5, 5.41) is 2.91. The van der Waals surface area contributed by atoms with Gasteiger partial charge in [0.05, 0.1) is 6.54 Å². The van der Waals surface area contributed by atoms with Gasteiger partial charge in [0.2, 0.25) is 5.91 Å². The summed E-state index contributed by atoms with van der Waals surface area (Å²) in [6, 6.07) is 0.443. The van der Waals surface area contributed by atoms with Crippen molar-refractivity contribution in [3.05, 3.63) is 0 Å². The predicted octanol–water partition coefficient (Wildman–Crippen LogP) is 0.588. The van der Waals surface area contributed by atoms with Crippen LogP contribution in [0.3, 0.4) is 0 Å². The minimum absolute atomic E-state index is 0.0754. The van der Waals surface area contributed by atoms with E-state index in [1.54, 1.807) is 7.11 Å². The zero-order valence-electron chi connectivity index (χ0n) is 12.1. The van der Waals surface area contributed by atoms with Gasteiger partial charge < -0.3 is 15.8 Å². The molecule has 0 saturated heterocycles. The van der Waals surface area contributed by atoms with Crippen LogP contribution in [0.15, 0.2) is 0 Å². The van der Waals surface area contributed by atoms with E-state index in [0.717, 1.165) is 25.8 Å². The summed E-state index contributed by atoms with van der Waals surface area (Å²) < 4.78 is 4.94. The fourth-order valence-corrected chi connectivity index (χ4v) is 2.05. The topological polar surface area (TPSA) is 67.6 Å². The van der Waals surface area contributed by atoms with Crippen LogP contribution in [0.4, 0.5) is 0 Å². The third kappa shape index (κ3) is 7.63. The van der Waals surface area contributed by atoms with Gasteiger partial charge in [0.25, 0.3) is 0 Å². The molecule has 0 radical (unpaired) electrons. The molecule has 108 valence electrons. The molecule has 0 saturated carbocycles. The molecule has 0 aromatic heterocycles. The average Bonchev–Trinajstić information content (AvgIpc) is 2.36. The van der Waals surface area contributed by atoms with Gasteiger partial charge in [0.15, 0.2) is 0 Å². The number of amides is 1. The Morgan fingerprint density at radius 3 is 2.56 bits per heavy atom. The first-order chi connectivity index (χ1) is 8.69. The van der Waals surface area contributed by atoms with Crippen molar-refractivity contribution in [2.24, 2.45) is 5.73 Å². The standard InChI is InChI=1S/C13H29N3O2/c1-4-12(5-2)16(9-7-14)11-13(17)15-8-6-10-18-3/h12H,4-11,14H2,1-3H3,(H,15,17). The van der Waals surface area contributed by atoms with Crippen molar-refractivity contribution in [3.8, 4) is 0 Å². The fraction of sp³-hybridized carbons (Fsp3) is 0.923. The number of carbonyl (C=O) groups is 1. The lowest BCUT2D eigenvalue weighted by Crippen LogP contribution is -2.45. The highest BCUT2D eigenvalue weighted by atomic mass is 16.5. The minimum atomic E-state index is 0.0754. The molecular formula is C13H29N3O2. The molecule has 0 heterocycles. The summed E-state index contributed by atoms with van der Waals surface area (Å²) in [6.45, 7) is 7.45.